The van der Waals surface area contributed by atoms with E-state index in [-0.39, 0.29) is 24.0 Å². The van der Waals surface area contributed by atoms with E-state index in [0.29, 0.717) is 6.54 Å². The summed E-state index contributed by atoms with van der Waals surface area (Å²) in [7, 11) is 0. The van der Waals surface area contributed by atoms with Crippen LogP contribution in [0.1, 0.15) is 39.5 Å². The van der Waals surface area contributed by atoms with Gasteiger partial charge in [-0.3, -0.25) is 4.99 Å². The van der Waals surface area contributed by atoms with Crippen LogP contribution in [-0.2, 0) is 0 Å². The Morgan fingerprint density at radius 3 is 2.78 bits per heavy atom. The maximum absolute atomic E-state index is 5.23. The van der Waals surface area contributed by atoms with E-state index in [9.17, 15) is 0 Å². The second-order valence-electron chi connectivity index (χ2n) is 4.92. The molecule has 0 bridgehead atoms. The highest BCUT2D eigenvalue weighted by Gasteiger charge is 2.18. The van der Waals surface area contributed by atoms with E-state index in [0.717, 1.165) is 30.9 Å². The molecule has 0 aromatic carbocycles. The van der Waals surface area contributed by atoms with E-state index in [2.05, 4.69) is 35.4 Å². The first-order chi connectivity index (χ1) is 8.26. The molecular formula is C14H26IN3. The van der Waals surface area contributed by atoms with E-state index in [1.165, 1.54) is 25.7 Å². The van der Waals surface area contributed by atoms with Crippen molar-refractivity contribution >= 4 is 29.9 Å². The van der Waals surface area contributed by atoms with Crippen molar-refractivity contribution in [2.45, 2.75) is 39.5 Å². The zero-order valence-corrected chi connectivity index (χ0v) is 13.9. The fourth-order valence-corrected chi connectivity index (χ4v) is 2.42. The Balaban J connectivity index is 0.00000289. The Labute approximate surface area is 129 Å². The Morgan fingerprint density at radius 2 is 2.17 bits per heavy atom. The molecule has 4 heteroatoms. The van der Waals surface area contributed by atoms with Gasteiger partial charge in [0.05, 0.1) is 6.54 Å². The zero-order chi connectivity index (χ0) is 12.5. The van der Waals surface area contributed by atoms with Gasteiger partial charge in [0, 0.05) is 13.1 Å². The summed E-state index contributed by atoms with van der Waals surface area (Å²) >= 11 is 0. The molecule has 2 unspecified atom stereocenters. The van der Waals surface area contributed by atoms with Gasteiger partial charge in [0.25, 0.3) is 0 Å². The minimum atomic E-state index is 0. The average Bonchev–Trinajstić information content (AvgIpc) is 2.33. The number of hydrogen-bond acceptors (Lipinski definition) is 1. The molecule has 1 aliphatic carbocycles. The molecule has 1 fully saturated rings. The molecule has 0 aromatic rings. The van der Waals surface area contributed by atoms with E-state index in [1.54, 1.807) is 0 Å². The lowest BCUT2D eigenvalue weighted by atomic mass is 9.82. The van der Waals surface area contributed by atoms with Crippen molar-refractivity contribution in [2.24, 2.45) is 16.8 Å². The first kappa shape index (κ1) is 17.6. The van der Waals surface area contributed by atoms with Crippen molar-refractivity contribution in [3.8, 4) is 12.3 Å². The summed E-state index contributed by atoms with van der Waals surface area (Å²) in [6, 6.07) is 0. The van der Waals surface area contributed by atoms with Crippen LogP contribution in [0.25, 0.3) is 0 Å². The highest BCUT2D eigenvalue weighted by Crippen LogP contribution is 2.28. The molecule has 0 saturated heterocycles. The normalized spacial score (nSPS) is 23.7. The quantitative estimate of drug-likeness (QED) is 0.349. The van der Waals surface area contributed by atoms with Gasteiger partial charge in [0.1, 0.15) is 0 Å². The van der Waals surface area contributed by atoms with Gasteiger partial charge in [-0.15, -0.1) is 30.4 Å². The van der Waals surface area contributed by atoms with Gasteiger partial charge in [-0.25, -0.2) is 0 Å². The molecule has 1 saturated carbocycles. The molecule has 2 atom stereocenters. The lowest BCUT2D eigenvalue weighted by Gasteiger charge is -2.25. The number of halogens is 1. The fraction of sp³-hybridized carbons (Fsp3) is 0.786. The van der Waals surface area contributed by atoms with E-state index >= 15 is 0 Å². The van der Waals surface area contributed by atoms with Crippen LogP contribution in [0.4, 0.5) is 0 Å². The van der Waals surface area contributed by atoms with Crippen molar-refractivity contribution in [3.63, 3.8) is 0 Å². The number of guanidine groups is 1. The third-order valence-corrected chi connectivity index (χ3v) is 3.25. The minimum Gasteiger partial charge on any atom is -0.357 e. The lowest BCUT2D eigenvalue weighted by Crippen LogP contribution is -2.38. The fourth-order valence-electron chi connectivity index (χ4n) is 2.42. The van der Waals surface area contributed by atoms with Crippen molar-refractivity contribution in [3.05, 3.63) is 0 Å². The summed E-state index contributed by atoms with van der Waals surface area (Å²) in [6.45, 7) is 6.74. The Morgan fingerprint density at radius 1 is 1.39 bits per heavy atom. The average molecular weight is 363 g/mol. The van der Waals surface area contributed by atoms with Crippen LogP contribution < -0.4 is 10.6 Å². The van der Waals surface area contributed by atoms with E-state index in [1.807, 2.05) is 0 Å². The smallest absolute Gasteiger partial charge is 0.192 e. The summed E-state index contributed by atoms with van der Waals surface area (Å²) in [5.74, 6) is 5.04. The Hall–Kier alpha value is -0.440. The summed E-state index contributed by atoms with van der Waals surface area (Å²) in [5.41, 5.74) is 0. The number of nitrogens with zero attached hydrogens (tertiary/aromatic N) is 1. The van der Waals surface area contributed by atoms with E-state index < -0.39 is 0 Å². The van der Waals surface area contributed by atoms with Crippen molar-refractivity contribution in [2.75, 3.05) is 19.6 Å². The predicted octanol–water partition coefficient (Wildman–Crippen LogP) is 2.62. The maximum atomic E-state index is 5.23. The van der Waals surface area contributed by atoms with E-state index in [4.69, 9.17) is 6.42 Å². The summed E-state index contributed by atoms with van der Waals surface area (Å²) in [5, 5.41) is 6.34. The third-order valence-electron chi connectivity index (χ3n) is 3.25. The number of nitrogens with one attached hydrogen (secondary N) is 2. The van der Waals surface area contributed by atoms with Gasteiger partial charge < -0.3 is 10.6 Å². The first-order valence-corrected chi connectivity index (χ1v) is 6.71. The predicted molar refractivity (Wildman–Crippen MR) is 89.4 cm³/mol. The molecule has 2 N–H and O–H groups in total. The third kappa shape index (κ3) is 7.10. The van der Waals surface area contributed by atoms with Crippen LogP contribution in [0.15, 0.2) is 4.99 Å². The Kier molecular flexibility index (Phi) is 10.2. The number of terminal acetylenes is 1. The van der Waals surface area contributed by atoms with Crippen LogP contribution in [0, 0.1) is 24.2 Å². The first-order valence-electron chi connectivity index (χ1n) is 6.71. The zero-order valence-electron chi connectivity index (χ0n) is 11.5. The second-order valence-corrected chi connectivity index (χ2v) is 4.92. The van der Waals surface area contributed by atoms with Crippen LogP contribution in [0.2, 0.25) is 0 Å². The molecule has 18 heavy (non-hydrogen) atoms. The molecule has 1 aliphatic rings. The van der Waals surface area contributed by atoms with Gasteiger partial charge in [0.2, 0.25) is 0 Å². The Bertz CT molecular complexity index is 283. The number of rotatable bonds is 4. The van der Waals surface area contributed by atoms with Gasteiger partial charge >= 0.3 is 0 Å². The highest BCUT2D eigenvalue weighted by molar-refractivity contribution is 14.0. The van der Waals surface area contributed by atoms with Crippen molar-refractivity contribution in [1.82, 2.24) is 10.6 Å². The van der Waals surface area contributed by atoms with Crippen molar-refractivity contribution in [1.29, 1.82) is 0 Å². The summed E-state index contributed by atoms with van der Waals surface area (Å²) in [4.78, 5) is 4.61. The molecule has 0 heterocycles. The second kappa shape index (κ2) is 10.5. The topological polar surface area (TPSA) is 36.4 Å². The standard InChI is InChI=1S/C14H25N3.HI/c1-4-9-16-14(15-5-2)17-11-13-8-6-7-12(3)10-13;/h1,12-13H,5-11H2,2-3H3,(H2,15,16,17);1H. The van der Waals surface area contributed by atoms with Gasteiger partial charge in [-0.2, -0.15) is 0 Å². The SMILES string of the molecule is C#CCNC(=NCC1CCCC(C)C1)NCC.I. The molecule has 104 valence electrons. The molecule has 0 radical (unpaired) electrons. The number of hydrogen-bond donors (Lipinski definition) is 2. The molecule has 3 nitrogen and oxygen atoms in total. The largest absolute Gasteiger partial charge is 0.357 e. The molecular weight excluding hydrogens is 337 g/mol. The molecule has 0 aliphatic heterocycles. The maximum Gasteiger partial charge on any atom is 0.192 e. The van der Waals surface area contributed by atoms with Crippen LogP contribution in [0.3, 0.4) is 0 Å². The monoisotopic (exact) mass is 363 g/mol. The number of aliphatic imine (C=N–C) groups is 1. The van der Waals surface area contributed by atoms with Gasteiger partial charge in [0.15, 0.2) is 5.96 Å². The lowest BCUT2D eigenvalue weighted by molar-refractivity contribution is 0.289. The summed E-state index contributed by atoms with van der Waals surface area (Å²) in [6.07, 6.45) is 10.6. The molecule has 0 spiro atoms. The minimum absolute atomic E-state index is 0. The van der Waals surface area contributed by atoms with Gasteiger partial charge in [-0.1, -0.05) is 25.7 Å². The van der Waals surface area contributed by atoms with Gasteiger partial charge in [-0.05, 0) is 31.6 Å². The van der Waals surface area contributed by atoms with Crippen LogP contribution >= 0.6 is 24.0 Å². The molecule has 0 aromatic heterocycles. The van der Waals surface area contributed by atoms with Crippen molar-refractivity contribution < 1.29 is 0 Å². The van der Waals surface area contributed by atoms with Crippen LogP contribution in [0.5, 0.6) is 0 Å². The molecule has 1 rings (SSSR count). The highest BCUT2D eigenvalue weighted by atomic mass is 127. The van der Waals surface area contributed by atoms with Crippen LogP contribution in [-0.4, -0.2) is 25.6 Å². The molecule has 0 amide bonds. The summed E-state index contributed by atoms with van der Waals surface area (Å²) < 4.78 is 0.